The Morgan fingerprint density at radius 3 is 3.10 bits per heavy atom. The van der Waals surface area contributed by atoms with Gasteiger partial charge in [-0.1, -0.05) is 6.92 Å². The fourth-order valence-electron chi connectivity index (χ4n) is 2.01. The van der Waals surface area contributed by atoms with Crippen molar-refractivity contribution in [2.24, 2.45) is 0 Å². The van der Waals surface area contributed by atoms with Gasteiger partial charge in [0.05, 0.1) is 6.10 Å². The highest BCUT2D eigenvalue weighted by Crippen LogP contribution is 2.44. The monoisotopic (exact) mass is 141 g/mol. The summed E-state index contributed by atoms with van der Waals surface area (Å²) in [6.07, 6.45) is 3.03. The van der Waals surface area contributed by atoms with Crippen LogP contribution in [0.25, 0.3) is 0 Å². The molecule has 2 saturated heterocycles. The quantitative estimate of drug-likeness (QED) is 0.504. The molecule has 0 saturated carbocycles. The second kappa shape index (κ2) is 1.95. The van der Waals surface area contributed by atoms with E-state index in [1.165, 1.54) is 19.4 Å². The van der Waals surface area contributed by atoms with E-state index in [4.69, 9.17) is 4.74 Å². The Bertz CT molecular complexity index is 146. The number of likely N-dealkylation sites (tertiary alicyclic amines) is 1. The minimum Gasteiger partial charge on any atom is -0.365 e. The molecule has 0 spiro atoms. The van der Waals surface area contributed by atoms with Gasteiger partial charge in [0.25, 0.3) is 0 Å². The Hall–Kier alpha value is -0.0800. The Labute approximate surface area is 62.2 Å². The lowest BCUT2D eigenvalue weighted by Gasteiger charge is -2.24. The molecule has 2 heteroatoms. The summed E-state index contributed by atoms with van der Waals surface area (Å²) in [7, 11) is 2.18. The van der Waals surface area contributed by atoms with Crippen molar-refractivity contribution in [3.8, 4) is 0 Å². The van der Waals surface area contributed by atoms with E-state index in [2.05, 4.69) is 18.9 Å². The maximum Gasteiger partial charge on any atom is 0.107 e. The van der Waals surface area contributed by atoms with Crippen molar-refractivity contribution in [3.05, 3.63) is 0 Å². The standard InChI is InChI=1S/C8H15NO/c1-3-8-6-9(2)5-4-7(8)10-8/h7H,3-6H2,1-2H3/t7-,8+/m1/s1. The predicted octanol–water partition coefficient (Wildman–Crippen LogP) is 0.869. The largest absolute Gasteiger partial charge is 0.365 e. The normalized spacial score (nSPS) is 46.8. The van der Waals surface area contributed by atoms with Crippen LogP contribution in [0.15, 0.2) is 0 Å². The molecule has 0 aliphatic carbocycles. The van der Waals surface area contributed by atoms with Gasteiger partial charge in [0, 0.05) is 13.1 Å². The zero-order valence-corrected chi connectivity index (χ0v) is 6.76. The third kappa shape index (κ3) is 0.789. The van der Waals surface area contributed by atoms with E-state index in [0.29, 0.717) is 6.10 Å². The fourth-order valence-corrected chi connectivity index (χ4v) is 2.01. The lowest BCUT2D eigenvalue weighted by Crippen LogP contribution is -2.38. The van der Waals surface area contributed by atoms with Crippen molar-refractivity contribution in [2.45, 2.75) is 31.5 Å². The number of fused-ring (bicyclic) bond motifs is 1. The number of likely N-dealkylation sites (N-methyl/N-ethyl adjacent to an activating group) is 1. The first-order chi connectivity index (χ1) is 4.77. The van der Waals surface area contributed by atoms with Gasteiger partial charge >= 0.3 is 0 Å². The molecule has 0 radical (unpaired) electrons. The number of ether oxygens (including phenoxy) is 1. The molecule has 0 bridgehead atoms. The highest BCUT2D eigenvalue weighted by molar-refractivity contribution is 5.06. The molecule has 0 unspecified atom stereocenters. The summed E-state index contributed by atoms with van der Waals surface area (Å²) in [5.74, 6) is 0. The maximum absolute atomic E-state index is 5.64. The molecule has 2 nitrogen and oxygen atoms in total. The van der Waals surface area contributed by atoms with Crippen LogP contribution in [0.5, 0.6) is 0 Å². The maximum atomic E-state index is 5.64. The topological polar surface area (TPSA) is 15.8 Å². The van der Waals surface area contributed by atoms with E-state index in [0.717, 1.165) is 6.54 Å². The second-order valence-electron chi connectivity index (χ2n) is 3.55. The van der Waals surface area contributed by atoms with Gasteiger partial charge in [0.2, 0.25) is 0 Å². The molecule has 2 atom stereocenters. The first-order valence-corrected chi connectivity index (χ1v) is 4.13. The van der Waals surface area contributed by atoms with Gasteiger partial charge in [0.1, 0.15) is 5.60 Å². The second-order valence-corrected chi connectivity index (χ2v) is 3.55. The molecule has 10 heavy (non-hydrogen) atoms. The van der Waals surface area contributed by atoms with Crippen LogP contribution >= 0.6 is 0 Å². The molecular formula is C8H15NO. The summed E-state index contributed by atoms with van der Waals surface area (Å²) in [6, 6.07) is 0. The lowest BCUT2D eigenvalue weighted by molar-refractivity contribution is 0.215. The minimum absolute atomic E-state index is 0.285. The van der Waals surface area contributed by atoms with Crippen LogP contribution < -0.4 is 0 Å². The van der Waals surface area contributed by atoms with E-state index in [-0.39, 0.29) is 5.60 Å². The van der Waals surface area contributed by atoms with Crippen molar-refractivity contribution in [3.63, 3.8) is 0 Å². The number of nitrogens with zero attached hydrogens (tertiary/aromatic N) is 1. The van der Waals surface area contributed by atoms with Crippen molar-refractivity contribution in [1.29, 1.82) is 0 Å². The third-order valence-electron chi connectivity index (χ3n) is 2.82. The number of hydrogen-bond donors (Lipinski definition) is 0. The third-order valence-corrected chi connectivity index (χ3v) is 2.82. The summed E-state index contributed by atoms with van der Waals surface area (Å²) in [5.41, 5.74) is 0.285. The first-order valence-electron chi connectivity index (χ1n) is 4.13. The number of epoxide rings is 1. The van der Waals surface area contributed by atoms with Crippen molar-refractivity contribution in [2.75, 3.05) is 20.1 Å². The van der Waals surface area contributed by atoms with E-state index >= 15 is 0 Å². The first kappa shape index (κ1) is 6.62. The van der Waals surface area contributed by atoms with Gasteiger partial charge in [0.15, 0.2) is 0 Å². The van der Waals surface area contributed by atoms with Gasteiger partial charge in [-0.2, -0.15) is 0 Å². The SMILES string of the molecule is CC[C@]12CN(C)CC[C@H]1O2. The molecule has 2 rings (SSSR count). The highest BCUT2D eigenvalue weighted by atomic mass is 16.6. The Balaban J connectivity index is 2.02. The molecule has 2 aliphatic heterocycles. The highest BCUT2D eigenvalue weighted by Gasteiger charge is 2.56. The molecule has 2 aliphatic rings. The molecule has 2 heterocycles. The molecule has 2 fully saturated rings. The molecular weight excluding hydrogens is 126 g/mol. The van der Waals surface area contributed by atoms with Gasteiger partial charge in [-0.3, -0.25) is 0 Å². The van der Waals surface area contributed by atoms with E-state index in [9.17, 15) is 0 Å². The number of rotatable bonds is 1. The molecule has 0 aromatic heterocycles. The molecule has 0 aromatic rings. The smallest absolute Gasteiger partial charge is 0.107 e. The fraction of sp³-hybridized carbons (Fsp3) is 1.00. The zero-order chi connectivity index (χ0) is 7.19. The van der Waals surface area contributed by atoms with Crippen LogP contribution in [0.1, 0.15) is 19.8 Å². The van der Waals surface area contributed by atoms with Gasteiger partial charge in [-0.15, -0.1) is 0 Å². The van der Waals surface area contributed by atoms with Crippen LogP contribution in [0.2, 0.25) is 0 Å². The average molecular weight is 141 g/mol. The minimum atomic E-state index is 0.285. The lowest BCUT2D eigenvalue weighted by atomic mass is 9.96. The van der Waals surface area contributed by atoms with E-state index in [1.54, 1.807) is 0 Å². The Morgan fingerprint density at radius 2 is 2.50 bits per heavy atom. The molecule has 0 aromatic carbocycles. The van der Waals surface area contributed by atoms with E-state index in [1.807, 2.05) is 0 Å². The summed E-state index contributed by atoms with van der Waals surface area (Å²) in [5, 5.41) is 0. The van der Waals surface area contributed by atoms with Crippen LogP contribution in [0, 0.1) is 0 Å². The van der Waals surface area contributed by atoms with Crippen molar-refractivity contribution >= 4 is 0 Å². The van der Waals surface area contributed by atoms with E-state index < -0.39 is 0 Å². The van der Waals surface area contributed by atoms with Crippen LogP contribution in [-0.2, 0) is 4.74 Å². The van der Waals surface area contributed by atoms with Crippen LogP contribution in [0.4, 0.5) is 0 Å². The van der Waals surface area contributed by atoms with Gasteiger partial charge < -0.3 is 9.64 Å². The zero-order valence-electron chi connectivity index (χ0n) is 6.76. The average Bonchev–Trinajstić information content (AvgIpc) is 2.62. The molecule has 58 valence electrons. The summed E-state index contributed by atoms with van der Waals surface area (Å²) >= 11 is 0. The van der Waals surface area contributed by atoms with Gasteiger partial charge in [-0.05, 0) is 19.9 Å². The predicted molar refractivity (Wildman–Crippen MR) is 40.0 cm³/mol. The Kier molecular flexibility index (Phi) is 1.29. The Morgan fingerprint density at radius 1 is 1.70 bits per heavy atom. The van der Waals surface area contributed by atoms with Crippen LogP contribution in [0.3, 0.4) is 0 Å². The number of hydrogen-bond acceptors (Lipinski definition) is 2. The van der Waals surface area contributed by atoms with Crippen LogP contribution in [-0.4, -0.2) is 36.7 Å². The number of piperidine rings is 1. The summed E-state index contributed by atoms with van der Waals surface area (Å²) < 4.78 is 5.64. The van der Waals surface area contributed by atoms with Gasteiger partial charge in [-0.25, -0.2) is 0 Å². The molecule has 0 amide bonds. The van der Waals surface area contributed by atoms with Crippen molar-refractivity contribution in [1.82, 2.24) is 4.90 Å². The molecule has 0 N–H and O–H groups in total. The summed E-state index contributed by atoms with van der Waals surface area (Å²) in [6.45, 7) is 4.58. The van der Waals surface area contributed by atoms with Crippen molar-refractivity contribution < 1.29 is 4.74 Å². The summed E-state index contributed by atoms with van der Waals surface area (Å²) in [4.78, 5) is 2.37.